The monoisotopic (exact) mass is 441 g/mol. The van der Waals surface area contributed by atoms with Crippen LogP contribution in [0.3, 0.4) is 0 Å². The van der Waals surface area contributed by atoms with E-state index in [1.807, 2.05) is 0 Å². The van der Waals surface area contributed by atoms with Crippen molar-refractivity contribution in [2.75, 3.05) is 12.4 Å². The van der Waals surface area contributed by atoms with Crippen LogP contribution in [0.4, 0.5) is 10.5 Å². The van der Waals surface area contributed by atoms with E-state index in [-0.39, 0.29) is 18.0 Å². The number of esters is 1. The van der Waals surface area contributed by atoms with Gasteiger partial charge in [0.2, 0.25) is 0 Å². The minimum absolute atomic E-state index is 0.308. The van der Waals surface area contributed by atoms with E-state index >= 15 is 0 Å². The average molecular weight is 442 g/mol. The number of nitrogens with zero attached hydrogens (tertiary/aromatic N) is 1. The van der Waals surface area contributed by atoms with Crippen LogP contribution in [-0.4, -0.2) is 36.0 Å². The summed E-state index contributed by atoms with van der Waals surface area (Å²) in [6, 6.07) is 12.6. The summed E-state index contributed by atoms with van der Waals surface area (Å²) in [5.74, 6) is -0.865. The number of carbonyl (C=O) groups excluding carboxylic acids is 3. The van der Waals surface area contributed by atoms with Crippen molar-refractivity contribution in [2.24, 2.45) is 0 Å². The summed E-state index contributed by atoms with van der Waals surface area (Å²) < 4.78 is 5.40. The molecule has 31 heavy (non-hydrogen) atoms. The highest BCUT2D eigenvalue weighted by Gasteiger charge is 2.35. The molecule has 0 bridgehead atoms. The summed E-state index contributed by atoms with van der Waals surface area (Å²) in [5, 5.41) is 5.98. The van der Waals surface area contributed by atoms with E-state index in [1.165, 1.54) is 4.90 Å². The molecule has 1 aliphatic rings. The van der Waals surface area contributed by atoms with Crippen molar-refractivity contribution in [1.82, 2.24) is 10.2 Å². The normalized spacial score (nSPS) is 16.3. The summed E-state index contributed by atoms with van der Waals surface area (Å²) in [5.41, 5.74) is 2.33. The van der Waals surface area contributed by atoms with E-state index in [1.54, 1.807) is 76.3 Å². The third kappa shape index (κ3) is 4.88. The quantitative estimate of drug-likeness (QED) is 0.668. The first-order chi connectivity index (χ1) is 14.7. The number of allylic oxidation sites excluding steroid dienone is 1. The highest BCUT2D eigenvalue weighted by molar-refractivity contribution is 6.34. The minimum atomic E-state index is -0.716. The summed E-state index contributed by atoms with van der Waals surface area (Å²) in [6.07, 6.45) is -0.308. The Morgan fingerprint density at radius 2 is 1.87 bits per heavy atom. The molecule has 3 amide bonds. The second kappa shape index (κ2) is 9.22. The van der Waals surface area contributed by atoms with Crippen LogP contribution < -0.4 is 10.6 Å². The molecule has 7 nitrogen and oxygen atoms in total. The Morgan fingerprint density at radius 1 is 1.16 bits per heavy atom. The van der Waals surface area contributed by atoms with Crippen LogP contribution in [0.5, 0.6) is 0 Å². The number of hydrogen-bond donors (Lipinski definition) is 2. The molecule has 2 aromatic carbocycles. The Morgan fingerprint density at radius 3 is 2.55 bits per heavy atom. The summed E-state index contributed by atoms with van der Waals surface area (Å²) in [7, 11) is 1.59. The number of benzene rings is 2. The molecule has 0 aromatic heterocycles. The van der Waals surface area contributed by atoms with Gasteiger partial charge in [0.05, 0.1) is 28.3 Å². The lowest BCUT2D eigenvalue weighted by molar-refractivity contribution is -0.143. The van der Waals surface area contributed by atoms with E-state index in [2.05, 4.69) is 10.6 Å². The number of carbonyl (C=O) groups is 3. The van der Waals surface area contributed by atoms with Crippen LogP contribution in [0.1, 0.15) is 42.7 Å². The van der Waals surface area contributed by atoms with E-state index in [0.29, 0.717) is 33.1 Å². The van der Waals surface area contributed by atoms with Gasteiger partial charge >= 0.3 is 12.0 Å². The molecule has 1 aliphatic heterocycles. The number of urea groups is 1. The second-order valence-corrected chi connectivity index (χ2v) is 7.86. The van der Waals surface area contributed by atoms with Crippen LogP contribution in [-0.2, 0) is 9.53 Å². The maximum atomic E-state index is 12.8. The fraction of sp³-hybridized carbons (Fsp3) is 0.261. The van der Waals surface area contributed by atoms with Gasteiger partial charge in [0.25, 0.3) is 5.91 Å². The maximum absolute atomic E-state index is 12.8. The predicted octanol–water partition coefficient (Wildman–Crippen LogP) is 4.51. The number of hydrogen-bond acceptors (Lipinski definition) is 4. The zero-order valence-electron chi connectivity index (χ0n) is 17.7. The third-order valence-corrected chi connectivity index (χ3v) is 5.24. The predicted molar refractivity (Wildman–Crippen MR) is 119 cm³/mol. The first-order valence-corrected chi connectivity index (χ1v) is 10.2. The van der Waals surface area contributed by atoms with Gasteiger partial charge < -0.3 is 20.3 Å². The number of amides is 3. The lowest BCUT2D eigenvalue weighted by atomic mass is 9.94. The van der Waals surface area contributed by atoms with Crippen LogP contribution in [0.2, 0.25) is 5.02 Å². The zero-order chi connectivity index (χ0) is 22.7. The maximum Gasteiger partial charge on any atom is 0.338 e. The highest BCUT2D eigenvalue weighted by atomic mass is 35.5. The lowest BCUT2D eigenvalue weighted by Crippen LogP contribution is -2.46. The van der Waals surface area contributed by atoms with Gasteiger partial charge in [-0.3, -0.25) is 4.79 Å². The van der Waals surface area contributed by atoms with Crippen molar-refractivity contribution in [1.29, 1.82) is 0 Å². The first kappa shape index (κ1) is 22.4. The standard InChI is InChI=1S/C23H24ClN3O4/c1-13(2)31-22(29)19-14(3)27(4)23(30)26-20(19)15-8-7-9-16(12-15)25-21(28)17-10-5-6-11-18(17)24/h5-13,20H,1-4H3,(H,25,28)(H,26,30). The molecule has 2 N–H and O–H groups in total. The van der Waals surface area contributed by atoms with Crippen molar-refractivity contribution >= 4 is 35.2 Å². The Hall–Kier alpha value is -3.32. The van der Waals surface area contributed by atoms with Gasteiger partial charge in [-0.05, 0) is 50.6 Å². The molecule has 0 radical (unpaired) electrons. The van der Waals surface area contributed by atoms with Crippen molar-refractivity contribution in [3.05, 3.63) is 76.0 Å². The second-order valence-electron chi connectivity index (χ2n) is 7.45. The van der Waals surface area contributed by atoms with Gasteiger partial charge in [0.15, 0.2) is 0 Å². The average Bonchev–Trinajstić information content (AvgIpc) is 2.71. The molecular weight excluding hydrogens is 418 g/mol. The molecule has 0 saturated carbocycles. The van der Waals surface area contributed by atoms with E-state index < -0.39 is 12.0 Å². The van der Waals surface area contributed by atoms with Gasteiger partial charge in [-0.1, -0.05) is 35.9 Å². The summed E-state index contributed by atoms with van der Waals surface area (Å²) in [6.45, 7) is 5.23. The number of ether oxygens (including phenoxy) is 1. The van der Waals surface area contributed by atoms with Crippen LogP contribution in [0.15, 0.2) is 59.8 Å². The molecule has 0 saturated heterocycles. The highest BCUT2D eigenvalue weighted by Crippen LogP contribution is 2.32. The SMILES string of the molecule is CC1=C(C(=O)OC(C)C)C(c2cccc(NC(=O)c3ccccc3Cl)c2)NC(=O)N1C. The molecule has 8 heteroatoms. The van der Waals surface area contributed by atoms with Gasteiger partial charge in [-0.15, -0.1) is 0 Å². The molecule has 3 rings (SSSR count). The molecule has 1 atom stereocenters. The molecule has 1 unspecified atom stereocenters. The van der Waals surface area contributed by atoms with Crippen molar-refractivity contribution < 1.29 is 19.1 Å². The number of halogens is 1. The smallest absolute Gasteiger partial charge is 0.338 e. The fourth-order valence-electron chi connectivity index (χ4n) is 3.27. The summed E-state index contributed by atoms with van der Waals surface area (Å²) >= 11 is 6.11. The van der Waals surface area contributed by atoms with Crippen LogP contribution in [0.25, 0.3) is 0 Å². The third-order valence-electron chi connectivity index (χ3n) is 4.91. The summed E-state index contributed by atoms with van der Waals surface area (Å²) in [4.78, 5) is 39.2. The van der Waals surface area contributed by atoms with Crippen molar-refractivity contribution in [3.63, 3.8) is 0 Å². The van der Waals surface area contributed by atoms with Crippen LogP contribution in [0, 0.1) is 0 Å². The van der Waals surface area contributed by atoms with Gasteiger partial charge in [-0.25, -0.2) is 9.59 Å². The van der Waals surface area contributed by atoms with E-state index in [9.17, 15) is 14.4 Å². The number of rotatable bonds is 5. The Labute approximate surface area is 186 Å². The number of anilines is 1. The fourth-order valence-corrected chi connectivity index (χ4v) is 3.49. The Balaban J connectivity index is 1.94. The molecular formula is C23H24ClN3O4. The lowest BCUT2D eigenvalue weighted by Gasteiger charge is -2.33. The van der Waals surface area contributed by atoms with Gasteiger partial charge in [-0.2, -0.15) is 0 Å². The van der Waals surface area contributed by atoms with Crippen molar-refractivity contribution in [2.45, 2.75) is 32.9 Å². The van der Waals surface area contributed by atoms with Gasteiger partial charge in [0.1, 0.15) is 0 Å². The molecule has 162 valence electrons. The molecule has 0 spiro atoms. The molecule has 1 heterocycles. The Bertz CT molecular complexity index is 1060. The molecule has 2 aromatic rings. The number of nitrogens with one attached hydrogen (secondary N) is 2. The van der Waals surface area contributed by atoms with Crippen molar-refractivity contribution in [3.8, 4) is 0 Å². The molecule has 0 fully saturated rings. The van der Waals surface area contributed by atoms with E-state index in [4.69, 9.17) is 16.3 Å². The largest absolute Gasteiger partial charge is 0.459 e. The van der Waals surface area contributed by atoms with Gasteiger partial charge in [0, 0.05) is 18.4 Å². The first-order valence-electron chi connectivity index (χ1n) is 9.81. The minimum Gasteiger partial charge on any atom is -0.459 e. The Kier molecular flexibility index (Phi) is 6.65. The van der Waals surface area contributed by atoms with Crippen LogP contribution >= 0.6 is 11.6 Å². The zero-order valence-corrected chi connectivity index (χ0v) is 18.5. The topological polar surface area (TPSA) is 87.7 Å². The molecule has 0 aliphatic carbocycles. The van der Waals surface area contributed by atoms with E-state index in [0.717, 1.165) is 0 Å².